The first-order valence-electron chi connectivity index (χ1n) is 8.33. The summed E-state index contributed by atoms with van der Waals surface area (Å²) in [5.41, 5.74) is 1.07. The average molecular weight is 356 g/mol. The smallest absolute Gasteiger partial charge is 0.160 e. The zero-order valence-electron chi connectivity index (χ0n) is 14.9. The van der Waals surface area contributed by atoms with Crippen molar-refractivity contribution in [2.24, 2.45) is 5.92 Å². The monoisotopic (exact) mass is 355 g/mol. The third-order valence-corrected chi connectivity index (χ3v) is 3.68. The van der Waals surface area contributed by atoms with Crippen molar-refractivity contribution in [1.29, 1.82) is 0 Å². The van der Waals surface area contributed by atoms with Crippen molar-refractivity contribution in [3.05, 3.63) is 24.3 Å². The molecule has 1 aromatic rings. The van der Waals surface area contributed by atoms with Crippen molar-refractivity contribution in [1.82, 2.24) is 0 Å². The molecule has 0 radical (unpaired) electrons. The first-order chi connectivity index (χ1) is 11.6. The van der Waals surface area contributed by atoms with Gasteiger partial charge in [-0.1, -0.05) is 25.8 Å². The van der Waals surface area contributed by atoms with Crippen LogP contribution in [0.5, 0.6) is 5.75 Å². The van der Waals surface area contributed by atoms with Gasteiger partial charge in [0.1, 0.15) is 12.4 Å². The molecule has 0 saturated carbocycles. The summed E-state index contributed by atoms with van der Waals surface area (Å²) >= 11 is 1.56. The second kappa shape index (κ2) is 13.1. The van der Waals surface area contributed by atoms with Crippen LogP contribution in [0.25, 0.3) is 0 Å². The number of rotatable bonds is 14. The van der Waals surface area contributed by atoms with Gasteiger partial charge in [0, 0.05) is 44.1 Å². The summed E-state index contributed by atoms with van der Waals surface area (Å²) in [6.45, 7) is 6.47. The Morgan fingerprint density at radius 3 is 2.29 bits per heavy atom. The number of anilines is 1. The maximum atomic E-state index is 11.3. The lowest BCUT2D eigenvalue weighted by atomic mass is 10.1. The van der Waals surface area contributed by atoms with Crippen LogP contribution >= 0.6 is 11.9 Å². The number of carbonyl (C=O) groups excluding carboxylic acids is 1. The van der Waals surface area contributed by atoms with E-state index in [0.717, 1.165) is 24.3 Å². The van der Waals surface area contributed by atoms with Gasteiger partial charge in [-0.25, -0.2) is 0 Å². The molecule has 0 saturated heterocycles. The molecule has 6 heteroatoms. The molecule has 0 spiro atoms. The van der Waals surface area contributed by atoms with Gasteiger partial charge in [-0.15, -0.1) is 0 Å². The zero-order chi connectivity index (χ0) is 17.6. The van der Waals surface area contributed by atoms with Gasteiger partial charge in [-0.2, -0.15) is 0 Å². The summed E-state index contributed by atoms with van der Waals surface area (Å²) in [7, 11) is 0. The summed E-state index contributed by atoms with van der Waals surface area (Å²) in [5, 5.41) is 0. The summed E-state index contributed by atoms with van der Waals surface area (Å²) < 4.78 is 19.6. The Bertz CT molecular complexity index is 451. The van der Waals surface area contributed by atoms with Crippen molar-refractivity contribution in [2.75, 3.05) is 44.0 Å². The average Bonchev–Trinajstić information content (AvgIpc) is 2.58. The highest BCUT2D eigenvalue weighted by molar-refractivity contribution is 7.99. The van der Waals surface area contributed by atoms with Gasteiger partial charge >= 0.3 is 0 Å². The third kappa shape index (κ3) is 9.80. The van der Waals surface area contributed by atoms with Gasteiger partial charge in [0.05, 0.1) is 6.61 Å². The van der Waals surface area contributed by atoms with E-state index in [1.54, 1.807) is 11.9 Å². The van der Waals surface area contributed by atoms with Gasteiger partial charge in [0.2, 0.25) is 0 Å². The summed E-state index contributed by atoms with van der Waals surface area (Å²) in [6.07, 6.45) is 3.63. The van der Waals surface area contributed by atoms with Gasteiger partial charge in [-0.05, 0) is 30.7 Å². The van der Waals surface area contributed by atoms with Crippen LogP contribution in [0.1, 0.15) is 26.7 Å². The quantitative estimate of drug-likeness (QED) is 0.405. The lowest BCUT2D eigenvalue weighted by molar-refractivity contribution is -0.126. The number of hydrogen-bond acceptors (Lipinski definition) is 6. The fraction of sp³-hybridized carbons (Fsp3) is 0.611. The predicted molar refractivity (Wildman–Crippen MR) is 99.8 cm³/mol. The second-order valence-electron chi connectivity index (χ2n) is 5.67. The molecule has 0 bridgehead atoms. The van der Waals surface area contributed by atoms with Crippen LogP contribution in [0.2, 0.25) is 0 Å². The molecule has 0 amide bonds. The highest BCUT2D eigenvalue weighted by Crippen LogP contribution is 2.17. The maximum absolute atomic E-state index is 11.3. The van der Waals surface area contributed by atoms with E-state index in [1.807, 2.05) is 44.4 Å². The van der Waals surface area contributed by atoms with Crippen LogP contribution in [-0.4, -0.2) is 45.1 Å². The SMILES string of the molecule is CSNc1ccc(OCCCOCCCOCC(=O)C(C)C)cc1. The normalized spacial score (nSPS) is 10.8. The van der Waals surface area contributed by atoms with E-state index in [1.165, 1.54) is 0 Å². The Morgan fingerprint density at radius 1 is 1.04 bits per heavy atom. The van der Waals surface area contributed by atoms with Crippen LogP contribution in [0.15, 0.2) is 24.3 Å². The Kier molecular flexibility index (Phi) is 11.4. The number of nitrogens with one attached hydrogen (secondary N) is 1. The summed E-state index contributed by atoms with van der Waals surface area (Å²) in [6, 6.07) is 7.89. The molecule has 1 rings (SSSR count). The fourth-order valence-electron chi connectivity index (χ4n) is 1.79. The largest absolute Gasteiger partial charge is 0.494 e. The molecule has 0 aliphatic rings. The number of hydrogen-bond donors (Lipinski definition) is 1. The standard InChI is InChI=1S/C18H29NO4S/c1-15(2)18(20)14-22-12-4-10-21-11-5-13-23-17-8-6-16(7-9-17)19-24-3/h6-9,15,19H,4-5,10-14H2,1-3H3. The minimum Gasteiger partial charge on any atom is -0.494 e. The molecule has 24 heavy (non-hydrogen) atoms. The van der Waals surface area contributed by atoms with Gasteiger partial charge in [0.15, 0.2) is 5.78 Å². The van der Waals surface area contributed by atoms with E-state index in [4.69, 9.17) is 14.2 Å². The first-order valence-corrected chi connectivity index (χ1v) is 9.56. The molecular formula is C18H29NO4S. The lowest BCUT2D eigenvalue weighted by Crippen LogP contribution is -2.15. The van der Waals surface area contributed by atoms with E-state index in [0.29, 0.717) is 26.4 Å². The van der Waals surface area contributed by atoms with Crippen LogP contribution < -0.4 is 9.46 Å². The van der Waals surface area contributed by atoms with Crippen molar-refractivity contribution in [2.45, 2.75) is 26.7 Å². The van der Waals surface area contributed by atoms with Crippen LogP contribution in [-0.2, 0) is 14.3 Å². The van der Waals surface area contributed by atoms with Crippen LogP contribution in [0.4, 0.5) is 5.69 Å². The number of benzene rings is 1. The summed E-state index contributed by atoms with van der Waals surface area (Å²) in [4.78, 5) is 11.3. The molecule has 136 valence electrons. The highest BCUT2D eigenvalue weighted by Gasteiger charge is 2.06. The Balaban J connectivity index is 1.92. The molecule has 0 aliphatic heterocycles. The number of ether oxygens (including phenoxy) is 3. The molecule has 0 unspecified atom stereocenters. The molecule has 0 aromatic heterocycles. The van der Waals surface area contributed by atoms with E-state index < -0.39 is 0 Å². The number of Topliss-reactive ketones (excluding diaryl/α,β-unsaturated/α-hetero) is 1. The molecule has 0 atom stereocenters. The lowest BCUT2D eigenvalue weighted by Gasteiger charge is -2.08. The number of carbonyl (C=O) groups is 1. The van der Waals surface area contributed by atoms with Crippen molar-refractivity contribution in [3.63, 3.8) is 0 Å². The van der Waals surface area contributed by atoms with Crippen molar-refractivity contribution < 1.29 is 19.0 Å². The van der Waals surface area contributed by atoms with Gasteiger partial charge < -0.3 is 18.9 Å². The van der Waals surface area contributed by atoms with Crippen molar-refractivity contribution in [3.8, 4) is 5.75 Å². The Labute approximate surface area is 149 Å². The topological polar surface area (TPSA) is 56.8 Å². The fourth-order valence-corrected chi connectivity index (χ4v) is 2.16. The van der Waals surface area contributed by atoms with E-state index >= 15 is 0 Å². The highest BCUT2D eigenvalue weighted by atomic mass is 32.2. The molecule has 0 heterocycles. The molecule has 1 N–H and O–H groups in total. The minimum absolute atomic E-state index is 0.0410. The second-order valence-corrected chi connectivity index (χ2v) is 6.28. The minimum atomic E-state index is 0.0410. The Hall–Kier alpha value is -1.24. The predicted octanol–water partition coefficient (Wildman–Crippen LogP) is 3.79. The maximum Gasteiger partial charge on any atom is 0.160 e. The molecule has 0 aliphatic carbocycles. The molecule has 0 fully saturated rings. The van der Waals surface area contributed by atoms with Crippen LogP contribution in [0.3, 0.4) is 0 Å². The van der Waals surface area contributed by atoms with Gasteiger partial charge in [-0.3, -0.25) is 4.79 Å². The third-order valence-electron chi connectivity index (χ3n) is 3.24. The van der Waals surface area contributed by atoms with E-state index in [2.05, 4.69) is 4.72 Å². The van der Waals surface area contributed by atoms with Crippen LogP contribution in [0, 0.1) is 5.92 Å². The Morgan fingerprint density at radius 2 is 1.67 bits per heavy atom. The van der Waals surface area contributed by atoms with E-state index in [9.17, 15) is 4.79 Å². The molecular weight excluding hydrogens is 326 g/mol. The van der Waals surface area contributed by atoms with Crippen molar-refractivity contribution >= 4 is 23.4 Å². The molecule has 5 nitrogen and oxygen atoms in total. The van der Waals surface area contributed by atoms with Gasteiger partial charge in [0.25, 0.3) is 0 Å². The first kappa shape index (κ1) is 20.8. The zero-order valence-corrected chi connectivity index (χ0v) is 15.7. The number of ketones is 1. The molecule has 1 aromatic carbocycles. The van der Waals surface area contributed by atoms with E-state index in [-0.39, 0.29) is 18.3 Å². The summed E-state index contributed by atoms with van der Waals surface area (Å²) in [5.74, 6) is 1.05.